The molecule has 50 heavy (non-hydrogen) atoms. The van der Waals surface area contributed by atoms with Crippen molar-refractivity contribution < 1.29 is 33.3 Å². The Bertz CT molecular complexity index is 1430. The molecule has 0 fully saturated rings. The fourth-order valence-electron chi connectivity index (χ4n) is 4.23. The van der Waals surface area contributed by atoms with Crippen molar-refractivity contribution >= 4 is 18.0 Å². The molecular formula is C39H56N4O7. The van der Waals surface area contributed by atoms with E-state index in [0.717, 1.165) is 41.7 Å². The average Bonchev–Trinajstić information content (AvgIpc) is 3.08. The van der Waals surface area contributed by atoms with Crippen molar-refractivity contribution in [3.05, 3.63) is 95.3 Å². The molecule has 0 aliphatic heterocycles. The predicted octanol–water partition coefficient (Wildman–Crippen LogP) is 6.33. The summed E-state index contributed by atoms with van der Waals surface area (Å²) in [4.78, 5) is 23.9. The lowest BCUT2D eigenvalue weighted by atomic mass is 9.86. The third-order valence-electron chi connectivity index (χ3n) is 7.48. The lowest BCUT2D eigenvalue weighted by molar-refractivity contribution is -0.124. The fraction of sp³-hybridized carbons (Fsp3) is 0.462. The van der Waals surface area contributed by atoms with Gasteiger partial charge in [-0.05, 0) is 92.0 Å². The van der Waals surface area contributed by atoms with Crippen LogP contribution in [0.1, 0.15) is 70.9 Å². The summed E-state index contributed by atoms with van der Waals surface area (Å²) in [6.07, 6.45) is 8.78. The van der Waals surface area contributed by atoms with Crippen molar-refractivity contribution in [1.29, 1.82) is 0 Å². The Hall–Kier alpha value is -4.45. The smallest absolute Gasteiger partial charge is 0.277 e. The molecule has 0 atom stereocenters. The van der Waals surface area contributed by atoms with E-state index < -0.39 is 5.91 Å². The van der Waals surface area contributed by atoms with E-state index in [4.69, 9.17) is 29.5 Å². The minimum atomic E-state index is -0.413. The SMILES string of the molecule is C=C(/C=C\C(OCC(=O)N/N=C/c1cccc(OCCOCCOCCCCCOc2cccc(C)c2)c1)=C(/C)C(C)(C)C)CCC(=O)NN. The van der Waals surface area contributed by atoms with Gasteiger partial charge in [0.15, 0.2) is 6.61 Å². The molecule has 0 aliphatic carbocycles. The van der Waals surface area contributed by atoms with Gasteiger partial charge in [-0.15, -0.1) is 0 Å². The number of nitrogens with one attached hydrogen (secondary N) is 2. The van der Waals surface area contributed by atoms with Crippen LogP contribution in [-0.2, 0) is 23.8 Å². The summed E-state index contributed by atoms with van der Waals surface area (Å²) < 4.78 is 28.7. The van der Waals surface area contributed by atoms with Crippen LogP contribution < -0.4 is 26.2 Å². The first-order valence-electron chi connectivity index (χ1n) is 17.1. The largest absolute Gasteiger partial charge is 0.494 e. The molecule has 0 saturated carbocycles. The molecule has 4 N–H and O–H groups in total. The molecule has 0 bridgehead atoms. The number of hydrogen-bond donors (Lipinski definition) is 3. The fourth-order valence-corrected chi connectivity index (χ4v) is 4.23. The van der Waals surface area contributed by atoms with E-state index in [2.05, 4.69) is 56.3 Å². The molecule has 0 aliphatic rings. The van der Waals surface area contributed by atoms with Crippen LogP contribution in [0.15, 0.2) is 89.3 Å². The predicted molar refractivity (Wildman–Crippen MR) is 198 cm³/mol. The summed E-state index contributed by atoms with van der Waals surface area (Å²) in [5, 5.41) is 4.06. The maximum Gasteiger partial charge on any atom is 0.277 e. The lowest BCUT2D eigenvalue weighted by Crippen LogP contribution is -2.29. The van der Waals surface area contributed by atoms with Crippen LogP contribution in [0.2, 0.25) is 0 Å². The van der Waals surface area contributed by atoms with Crippen LogP contribution in [-0.4, -0.2) is 64.3 Å². The summed E-state index contributed by atoms with van der Waals surface area (Å²) in [5.41, 5.74) is 8.05. The zero-order valence-corrected chi connectivity index (χ0v) is 30.4. The van der Waals surface area contributed by atoms with Gasteiger partial charge in [0.1, 0.15) is 23.9 Å². The molecule has 11 nitrogen and oxygen atoms in total. The first-order chi connectivity index (χ1) is 24.0. The average molecular weight is 693 g/mol. The summed E-state index contributed by atoms with van der Waals surface area (Å²) in [7, 11) is 0. The quantitative estimate of drug-likeness (QED) is 0.0221. The van der Waals surface area contributed by atoms with Gasteiger partial charge in [0.2, 0.25) is 5.91 Å². The summed E-state index contributed by atoms with van der Waals surface area (Å²) in [6, 6.07) is 15.5. The van der Waals surface area contributed by atoms with E-state index in [-0.39, 0.29) is 24.3 Å². The number of carbonyl (C=O) groups excluding carboxylic acids is 2. The Morgan fingerprint density at radius 2 is 1.50 bits per heavy atom. The summed E-state index contributed by atoms with van der Waals surface area (Å²) >= 11 is 0. The number of aryl methyl sites for hydroxylation is 1. The molecule has 2 amide bonds. The molecule has 11 heteroatoms. The van der Waals surface area contributed by atoms with E-state index in [1.54, 1.807) is 12.2 Å². The third kappa shape index (κ3) is 18.9. The summed E-state index contributed by atoms with van der Waals surface area (Å²) in [5.74, 6) is 6.59. The van der Waals surface area contributed by atoms with Crippen LogP contribution in [0.5, 0.6) is 11.5 Å². The number of rotatable bonds is 24. The summed E-state index contributed by atoms with van der Waals surface area (Å²) in [6.45, 7) is 17.2. The van der Waals surface area contributed by atoms with Gasteiger partial charge in [0, 0.05) is 13.0 Å². The molecule has 0 unspecified atom stereocenters. The highest BCUT2D eigenvalue weighted by molar-refractivity contribution is 5.83. The van der Waals surface area contributed by atoms with E-state index >= 15 is 0 Å². The first-order valence-corrected chi connectivity index (χ1v) is 17.1. The van der Waals surface area contributed by atoms with Crippen molar-refractivity contribution in [1.82, 2.24) is 10.9 Å². The minimum Gasteiger partial charge on any atom is -0.494 e. The number of carbonyl (C=O) groups is 2. The number of allylic oxidation sites excluding steroid dienone is 4. The maximum absolute atomic E-state index is 12.5. The number of nitrogens with zero attached hydrogens (tertiary/aromatic N) is 1. The van der Waals surface area contributed by atoms with Crippen LogP contribution in [0, 0.1) is 12.3 Å². The maximum atomic E-state index is 12.5. The van der Waals surface area contributed by atoms with Crippen LogP contribution in [0.3, 0.4) is 0 Å². The Balaban J connectivity index is 1.62. The number of unbranched alkanes of at least 4 members (excludes halogenated alkanes) is 2. The van der Waals surface area contributed by atoms with Crippen molar-refractivity contribution in [3.63, 3.8) is 0 Å². The standard InChI is InChI=1S/C39H56N4O7/c1-30(17-19-37(44)42-40)16-18-36(32(3)39(4,5)6)50-29-38(45)43-41-28-33-13-11-15-35(27-33)49-25-24-47-23-22-46-20-8-7-9-21-48-34-14-10-12-31(2)26-34/h10-16,18,26-28H,1,7-9,17,19-25,29,40H2,2-6H3,(H,42,44)(H,43,45)/b18-16-,36-32-,41-28+. The minimum absolute atomic E-state index is 0.193. The highest BCUT2D eigenvalue weighted by atomic mass is 16.5. The van der Waals surface area contributed by atoms with Gasteiger partial charge in [0.25, 0.3) is 5.91 Å². The highest BCUT2D eigenvalue weighted by Gasteiger charge is 2.18. The molecular weight excluding hydrogens is 636 g/mol. The second kappa shape index (κ2) is 23.8. The number of amides is 2. The van der Waals surface area contributed by atoms with Gasteiger partial charge in [-0.1, -0.05) is 63.3 Å². The van der Waals surface area contributed by atoms with Crippen LogP contribution >= 0.6 is 0 Å². The van der Waals surface area contributed by atoms with Gasteiger partial charge in [0.05, 0.1) is 32.6 Å². The molecule has 0 aromatic heterocycles. The Morgan fingerprint density at radius 3 is 2.22 bits per heavy atom. The molecule has 0 heterocycles. The zero-order chi connectivity index (χ0) is 36.6. The number of hydrazine groups is 1. The monoisotopic (exact) mass is 692 g/mol. The van der Waals surface area contributed by atoms with Crippen molar-refractivity contribution in [3.8, 4) is 11.5 Å². The Kier molecular flexibility index (Phi) is 19.9. The molecule has 274 valence electrons. The van der Waals surface area contributed by atoms with Crippen LogP contribution in [0.4, 0.5) is 0 Å². The van der Waals surface area contributed by atoms with Crippen molar-refractivity contribution in [2.45, 2.75) is 66.7 Å². The van der Waals surface area contributed by atoms with Gasteiger partial charge in [-0.3, -0.25) is 15.0 Å². The molecule has 2 aromatic rings. The van der Waals surface area contributed by atoms with E-state index in [0.29, 0.717) is 57.6 Å². The van der Waals surface area contributed by atoms with Gasteiger partial charge in [-0.2, -0.15) is 5.10 Å². The van der Waals surface area contributed by atoms with E-state index in [1.165, 1.54) is 11.8 Å². The lowest BCUT2D eigenvalue weighted by Gasteiger charge is -2.22. The van der Waals surface area contributed by atoms with Crippen LogP contribution in [0.25, 0.3) is 0 Å². The van der Waals surface area contributed by atoms with E-state index in [9.17, 15) is 9.59 Å². The zero-order valence-electron chi connectivity index (χ0n) is 30.4. The Labute approximate surface area is 297 Å². The molecule has 2 rings (SSSR count). The van der Waals surface area contributed by atoms with Crippen molar-refractivity contribution in [2.24, 2.45) is 16.4 Å². The molecule has 0 spiro atoms. The topological polar surface area (TPSA) is 143 Å². The van der Waals surface area contributed by atoms with Crippen molar-refractivity contribution in [2.75, 3.05) is 46.2 Å². The van der Waals surface area contributed by atoms with Gasteiger partial charge in [-0.25, -0.2) is 11.3 Å². The number of hydrazone groups is 1. The Morgan fingerprint density at radius 1 is 0.840 bits per heavy atom. The second-order valence-corrected chi connectivity index (χ2v) is 12.8. The number of benzene rings is 2. The normalized spacial score (nSPS) is 12.1. The highest BCUT2D eigenvalue weighted by Crippen LogP contribution is 2.29. The number of hydrogen-bond acceptors (Lipinski definition) is 9. The number of ether oxygens (including phenoxy) is 5. The molecule has 0 saturated heterocycles. The van der Waals surface area contributed by atoms with Gasteiger partial charge >= 0.3 is 0 Å². The second-order valence-electron chi connectivity index (χ2n) is 12.8. The third-order valence-corrected chi connectivity index (χ3v) is 7.48. The molecule has 0 radical (unpaired) electrons. The molecule has 2 aromatic carbocycles. The number of nitrogens with two attached hydrogens (primary N) is 1. The van der Waals surface area contributed by atoms with Gasteiger partial charge < -0.3 is 23.7 Å². The first kappa shape index (κ1) is 41.7. The van der Waals surface area contributed by atoms with E-state index in [1.807, 2.05) is 49.4 Å².